The molecule has 1 amide bonds. The third kappa shape index (κ3) is 6.19. The number of rotatable bonds is 2. The van der Waals surface area contributed by atoms with Crippen LogP contribution in [0, 0.1) is 0 Å². The Morgan fingerprint density at radius 1 is 1.25 bits per heavy atom. The monoisotopic (exact) mass is 292 g/mol. The van der Waals surface area contributed by atoms with E-state index in [2.05, 4.69) is 0 Å². The second-order valence-corrected chi connectivity index (χ2v) is 3.82. The van der Waals surface area contributed by atoms with Crippen LogP contribution in [0.15, 0.2) is 30.3 Å². The summed E-state index contributed by atoms with van der Waals surface area (Å²) >= 11 is 0. The van der Waals surface area contributed by atoms with Crippen LogP contribution in [-0.2, 0) is 9.59 Å². The van der Waals surface area contributed by atoms with Gasteiger partial charge in [-0.2, -0.15) is 13.2 Å². The van der Waals surface area contributed by atoms with Crippen molar-refractivity contribution in [1.29, 1.82) is 0 Å². The lowest BCUT2D eigenvalue weighted by Gasteiger charge is -2.18. The Morgan fingerprint density at radius 2 is 1.65 bits per heavy atom. The number of hydrogen-bond donors (Lipinski definition) is 2. The van der Waals surface area contributed by atoms with E-state index in [0.29, 0.717) is 0 Å². The van der Waals surface area contributed by atoms with Gasteiger partial charge in [-0.05, 0) is 19.1 Å². The number of alkyl halides is 3. The molecule has 3 N–H and O–H groups in total. The van der Waals surface area contributed by atoms with E-state index in [-0.39, 0.29) is 5.91 Å². The Kier molecular flexibility index (Phi) is 6.70. The molecule has 0 aliphatic carbocycles. The number of carbonyl (C=O) groups is 2. The zero-order chi connectivity index (χ0) is 15.9. The summed E-state index contributed by atoms with van der Waals surface area (Å²) in [5, 5.41) is 7.12. The van der Waals surface area contributed by atoms with Crippen molar-refractivity contribution in [2.75, 3.05) is 11.9 Å². The average Bonchev–Trinajstić information content (AvgIpc) is 2.37. The van der Waals surface area contributed by atoms with E-state index in [0.717, 1.165) is 5.69 Å². The number of carbonyl (C=O) groups excluding carboxylic acids is 1. The lowest BCUT2D eigenvalue weighted by molar-refractivity contribution is -0.192. The van der Waals surface area contributed by atoms with Gasteiger partial charge in [0.05, 0.1) is 6.04 Å². The maximum atomic E-state index is 11.4. The van der Waals surface area contributed by atoms with Crippen molar-refractivity contribution in [3.05, 3.63) is 30.3 Å². The van der Waals surface area contributed by atoms with Crippen LogP contribution in [0.2, 0.25) is 0 Å². The maximum Gasteiger partial charge on any atom is 0.490 e. The molecule has 0 heterocycles. The summed E-state index contributed by atoms with van der Waals surface area (Å²) in [6.45, 7) is 1.68. The van der Waals surface area contributed by atoms with Gasteiger partial charge in [-0.15, -0.1) is 0 Å². The lowest BCUT2D eigenvalue weighted by atomic mass is 10.2. The second kappa shape index (κ2) is 7.49. The van der Waals surface area contributed by atoms with Gasteiger partial charge in [-0.3, -0.25) is 4.79 Å². The number of aliphatic carboxylic acids is 1. The quantitative estimate of drug-likeness (QED) is 0.867. The highest BCUT2D eigenvalue weighted by atomic mass is 19.4. The third-order valence-corrected chi connectivity index (χ3v) is 2.11. The van der Waals surface area contributed by atoms with E-state index in [1.807, 2.05) is 30.3 Å². The summed E-state index contributed by atoms with van der Waals surface area (Å²) in [7, 11) is 1.72. The lowest BCUT2D eigenvalue weighted by Crippen LogP contribution is -2.39. The van der Waals surface area contributed by atoms with Crippen molar-refractivity contribution in [3.63, 3.8) is 0 Å². The molecular formula is C12H15F3N2O3. The fourth-order valence-electron chi connectivity index (χ4n) is 1.08. The number of carboxylic acid groups (broad SMARTS) is 1. The second-order valence-electron chi connectivity index (χ2n) is 3.82. The first-order chi connectivity index (χ1) is 9.07. The van der Waals surface area contributed by atoms with Crippen LogP contribution in [0.4, 0.5) is 18.9 Å². The number of hydrogen-bond acceptors (Lipinski definition) is 3. The topological polar surface area (TPSA) is 83.6 Å². The van der Waals surface area contributed by atoms with Gasteiger partial charge in [0.2, 0.25) is 5.91 Å². The molecule has 0 spiro atoms. The Bertz CT molecular complexity index is 447. The molecule has 0 saturated heterocycles. The molecule has 8 heteroatoms. The summed E-state index contributed by atoms with van der Waals surface area (Å²) in [4.78, 5) is 21.9. The van der Waals surface area contributed by atoms with Crippen LogP contribution in [0.25, 0.3) is 0 Å². The van der Waals surface area contributed by atoms with Crippen LogP contribution < -0.4 is 10.6 Å². The first kappa shape index (κ1) is 17.9. The van der Waals surface area contributed by atoms with Gasteiger partial charge < -0.3 is 15.7 Å². The van der Waals surface area contributed by atoms with Gasteiger partial charge in [0, 0.05) is 12.7 Å². The van der Waals surface area contributed by atoms with Crippen molar-refractivity contribution in [2.45, 2.75) is 19.1 Å². The highest BCUT2D eigenvalue weighted by molar-refractivity contribution is 5.96. The molecule has 1 rings (SSSR count). The SMILES string of the molecule is CC(N)C(=O)N(C)c1ccccc1.O=C(O)C(F)(F)F. The average molecular weight is 292 g/mol. The standard InChI is InChI=1S/C10H14N2O.C2HF3O2/c1-8(11)10(13)12(2)9-6-4-3-5-7-9;3-2(4,5)1(6)7/h3-8H,11H2,1-2H3;(H,6,7). The number of nitrogens with zero attached hydrogens (tertiary/aromatic N) is 1. The van der Waals surface area contributed by atoms with E-state index in [4.69, 9.17) is 15.6 Å². The Labute approximate surface area is 113 Å². The molecule has 112 valence electrons. The number of likely N-dealkylation sites (N-methyl/N-ethyl adjacent to an activating group) is 1. The molecule has 0 bridgehead atoms. The summed E-state index contributed by atoms with van der Waals surface area (Å²) in [5.41, 5.74) is 6.35. The molecule has 0 aromatic heterocycles. The molecule has 1 unspecified atom stereocenters. The Balaban J connectivity index is 0.000000441. The minimum Gasteiger partial charge on any atom is -0.475 e. The van der Waals surface area contributed by atoms with Gasteiger partial charge in [0.25, 0.3) is 0 Å². The van der Waals surface area contributed by atoms with E-state index < -0.39 is 18.2 Å². The predicted octanol–water partition coefficient (Wildman–Crippen LogP) is 1.63. The van der Waals surface area contributed by atoms with Crippen LogP contribution >= 0.6 is 0 Å². The Hall–Kier alpha value is -2.09. The van der Waals surface area contributed by atoms with Crippen molar-refractivity contribution < 1.29 is 27.9 Å². The number of anilines is 1. The van der Waals surface area contributed by atoms with Crippen molar-refractivity contribution in [3.8, 4) is 0 Å². The fourth-order valence-corrected chi connectivity index (χ4v) is 1.08. The molecule has 5 nitrogen and oxygen atoms in total. The van der Waals surface area contributed by atoms with E-state index in [1.165, 1.54) is 0 Å². The number of halogens is 3. The normalized spacial score (nSPS) is 11.9. The van der Waals surface area contributed by atoms with Crippen LogP contribution in [0.3, 0.4) is 0 Å². The van der Waals surface area contributed by atoms with Crippen molar-refractivity contribution in [2.24, 2.45) is 5.73 Å². The van der Waals surface area contributed by atoms with Crippen LogP contribution in [0.1, 0.15) is 6.92 Å². The molecule has 1 aromatic carbocycles. The first-order valence-electron chi connectivity index (χ1n) is 5.45. The van der Waals surface area contributed by atoms with Gasteiger partial charge in [0.1, 0.15) is 0 Å². The minimum atomic E-state index is -5.08. The summed E-state index contributed by atoms with van der Waals surface area (Å²) < 4.78 is 31.7. The van der Waals surface area contributed by atoms with Crippen molar-refractivity contribution >= 4 is 17.6 Å². The molecule has 0 radical (unpaired) electrons. The van der Waals surface area contributed by atoms with Crippen LogP contribution in [-0.4, -0.2) is 36.2 Å². The first-order valence-corrected chi connectivity index (χ1v) is 5.45. The molecule has 0 aliphatic rings. The van der Waals surface area contributed by atoms with Crippen LogP contribution in [0.5, 0.6) is 0 Å². The smallest absolute Gasteiger partial charge is 0.475 e. The molecule has 1 aromatic rings. The van der Waals surface area contributed by atoms with Gasteiger partial charge >= 0.3 is 12.1 Å². The zero-order valence-electron chi connectivity index (χ0n) is 10.9. The fraction of sp³-hybridized carbons (Fsp3) is 0.333. The number of nitrogens with two attached hydrogens (primary N) is 1. The molecule has 1 atom stereocenters. The maximum absolute atomic E-state index is 11.4. The van der Waals surface area contributed by atoms with Gasteiger partial charge in [-0.25, -0.2) is 4.79 Å². The number of benzene rings is 1. The summed E-state index contributed by atoms with van der Waals surface area (Å²) in [6, 6.07) is 8.99. The Morgan fingerprint density at radius 3 is 1.95 bits per heavy atom. The van der Waals surface area contributed by atoms with Gasteiger partial charge in [0.15, 0.2) is 0 Å². The summed E-state index contributed by atoms with van der Waals surface area (Å²) in [5.74, 6) is -2.83. The molecule has 20 heavy (non-hydrogen) atoms. The van der Waals surface area contributed by atoms with E-state index in [9.17, 15) is 18.0 Å². The van der Waals surface area contributed by atoms with E-state index in [1.54, 1.807) is 18.9 Å². The number of para-hydroxylation sites is 1. The molecule has 0 aliphatic heterocycles. The number of amides is 1. The highest BCUT2D eigenvalue weighted by Crippen LogP contribution is 2.13. The zero-order valence-corrected chi connectivity index (χ0v) is 10.9. The summed E-state index contributed by atoms with van der Waals surface area (Å²) in [6.07, 6.45) is -5.08. The van der Waals surface area contributed by atoms with E-state index >= 15 is 0 Å². The third-order valence-electron chi connectivity index (χ3n) is 2.11. The molecule has 0 fully saturated rings. The largest absolute Gasteiger partial charge is 0.490 e. The molecule has 0 saturated carbocycles. The van der Waals surface area contributed by atoms with Gasteiger partial charge in [-0.1, -0.05) is 18.2 Å². The minimum absolute atomic E-state index is 0.0776. The number of carboxylic acids is 1. The highest BCUT2D eigenvalue weighted by Gasteiger charge is 2.38. The molecular weight excluding hydrogens is 277 g/mol. The van der Waals surface area contributed by atoms with Crippen molar-refractivity contribution in [1.82, 2.24) is 0 Å². The predicted molar refractivity (Wildman–Crippen MR) is 67.2 cm³/mol.